The van der Waals surface area contributed by atoms with Gasteiger partial charge in [0, 0.05) is 11.1 Å². The number of hydrogen-bond acceptors (Lipinski definition) is 4. The van der Waals surface area contributed by atoms with Crippen LogP contribution < -0.4 is 4.31 Å². The molecule has 4 unspecified atom stereocenters. The third kappa shape index (κ3) is 5.81. The summed E-state index contributed by atoms with van der Waals surface area (Å²) in [6, 6.07) is 8.95. The molecule has 1 N–H and O–H groups in total. The van der Waals surface area contributed by atoms with Crippen LogP contribution in [0.1, 0.15) is 43.7 Å². The fourth-order valence-electron chi connectivity index (χ4n) is 4.83. The number of ether oxygens (including phenoxy) is 1. The molecular formula is C26H27ClF2N2O5S. The van der Waals surface area contributed by atoms with Gasteiger partial charge in [0.1, 0.15) is 28.7 Å². The van der Waals surface area contributed by atoms with E-state index in [1.165, 1.54) is 4.31 Å². The summed E-state index contributed by atoms with van der Waals surface area (Å²) in [5, 5.41) is 9.71. The molecular weight excluding hydrogens is 526 g/mol. The van der Waals surface area contributed by atoms with E-state index in [0.29, 0.717) is 5.02 Å². The van der Waals surface area contributed by atoms with Crippen molar-refractivity contribution in [3.63, 3.8) is 0 Å². The van der Waals surface area contributed by atoms with Crippen molar-refractivity contribution in [3.05, 3.63) is 64.7 Å². The van der Waals surface area contributed by atoms with E-state index in [2.05, 4.69) is 0 Å². The topological polar surface area (TPSA) is 87.2 Å². The molecule has 4 atom stereocenters. The molecule has 198 valence electrons. The van der Waals surface area contributed by atoms with Crippen molar-refractivity contribution in [2.75, 3.05) is 17.5 Å². The van der Waals surface area contributed by atoms with E-state index in [-0.39, 0.29) is 30.0 Å². The minimum atomic E-state index is -1.62. The number of aliphatic carboxylic acids is 1. The first-order valence-corrected chi connectivity index (χ1v) is 13.8. The molecule has 0 spiro atoms. The molecule has 5 rings (SSSR count). The highest BCUT2D eigenvalue weighted by Gasteiger charge is 2.48. The number of carboxylic acid groups (broad SMARTS) is 1. The summed E-state index contributed by atoms with van der Waals surface area (Å²) in [4.78, 5) is 26.8. The molecule has 3 aliphatic rings. The number of benzene rings is 2. The summed E-state index contributed by atoms with van der Waals surface area (Å²) in [6.45, 7) is 0.0817. The van der Waals surface area contributed by atoms with Crippen molar-refractivity contribution in [1.82, 2.24) is 4.90 Å². The number of morpholine rings is 1. The highest BCUT2D eigenvalue weighted by molar-refractivity contribution is 7.87. The van der Waals surface area contributed by atoms with Gasteiger partial charge in [0.05, 0.1) is 42.6 Å². The number of carboxylic acids is 1. The predicted molar refractivity (Wildman–Crippen MR) is 134 cm³/mol. The highest BCUT2D eigenvalue weighted by Crippen LogP contribution is 2.43. The molecule has 2 aromatic carbocycles. The molecule has 1 amide bonds. The third-order valence-electron chi connectivity index (χ3n) is 7.02. The standard InChI is InChI=1S/C26H27ClF2N2O5S/c27-17-5-3-16(4-6-17)23-14-36-24(12-25(32)33)26(34)31(23)22(15-1-2-15)13-30(37(35)19-8-9-19)21-11-18(28)7-10-20(21)29/h3-7,10-11,15,19,22-24H,1-2,8-9,12-14H2,(H,32,33). The molecule has 1 aliphatic heterocycles. The SMILES string of the molecule is O=C(O)CC1OCC(c2ccc(Cl)cc2)N(C(CN(c2cc(F)ccc2F)S(=O)C2CC2)C2CC2)C1=O. The molecule has 0 aromatic heterocycles. The van der Waals surface area contributed by atoms with E-state index in [1.807, 2.05) is 0 Å². The van der Waals surface area contributed by atoms with Crippen LogP contribution in [0.5, 0.6) is 0 Å². The average Bonchev–Trinajstić information content (AvgIpc) is 3.76. The molecule has 0 radical (unpaired) electrons. The smallest absolute Gasteiger partial charge is 0.306 e. The molecule has 2 aromatic rings. The van der Waals surface area contributed by atoms with E-state index >= 15 is 0 Å². The third-order valence-corrected chi connectivity index (χ3v) is 9.09. The number of nitrogens with zero attached hydrogens (tertiary/aromatic N) is 2. The second-order valence-corrected chi connectivity index (χ2v) is 11.9. The molecule has 2 aliphatic carbocycles. The van der Waals surface area contributed by atoms with Crippen molar-refractivity contribution < 1.29 is 32.4 Å². The van der Waals surface area contributed by atoms with Crippen molar-refractivity contribution in [3.8, 4) is 0 Å². The second kappa shape index (κ2) is 10.7. The highest BCUT2D eigenvalue weighted by atomic mass is 35.5. The van der Waals surface area contributed by atoms with Crippen LogP contribution in [-0.4, -0.2) is 56.6 Å². The number of anilines is 1. The van der Waals surface area contributed by atoms with Crippen LogP contribution in [0.15, 0.2) is 42.5 Å². The molecule has 3 fully saturated rings. The van der Waals surface area contributed by atoms with E-state index in [0.717, 1.165) is 49.4 Å². The zero-order valence-corrected chi connectivity index (χ0v) is 21.5. The quantitative estimate of drug-likeness (QED) is 0.470. The van der Waals surface area contributed by atoms with E-state index in [4.69, 9.17) is 16.3 Å². The summed E-state index contributed by atoms with van der Waals surface area (Å²) < 4.78 is 49.6. The maximum atomic E-state index is 14.9. The van der Waals surface area contributed by atoms with Gasteiger partial charge in [0.15, 0.2) is 0 Å². The van der Waals surface area contributed by atoms with Crippen LogP contribution in [0.25, 0.3) is 0 Å². The number of carbonyl (C=O) groups is 2. The van der Waals surface area contributed by atoms with E-state index in [1.54, 1.807) is 29.2 Å². The van der Waals surface area contributed by atoms with Gasteiger partial charge in [-0.15, -0.1) is 0 Å². The maximum absolute atomic E-state index is 14.9. The first-order chi connectivity index (χ1) is 17.7. The Labute approximate surface area is 220 Å². The monoisotopic (exact) mass is 552 g/mol. The van der Waals surface area contributed by atoms with Crippen LogP contribution in [0, 0.1) is 17.6 Å². The van der Waals surface area contributed by atoms with Gasteiger partial charge in [-0.3, -0.25) is 13.9 Å². The van der Waals surface area contributed by atoms with Gasteiger partial charge >= 0.3 is 5.97 Å². The molecule has 7 nitrogen and oxygen atoms in total. The van der Waals surface area contributed by atoms with Crippen LogP contribution in [-0.2, 0) is 25.3 Å². The van der Waals surface area contributed by atoms with Crippen LogP contribution in [0.3, 0.4) is 0 Å². The van der Waals surface area contributed by atoms with Gasteiger partial charge in [0.25, 0.3) is 5.91 Å². The Morgan fingerprint density at radius 3 is 2.49 bits per heavy atom. The van der Waals surface area contributed by atoms with Crippen molar-refractivity contribution >= 4 is 40.2 Å². The summed E-state index contributed by atoms with van der Waals surface area (Å²) in [7, 11) is -1.62. The van der Waals surface area contributed by atoms with Gasteiger partial charge < -0.3 is 14.7 Å². The Morgan fingerprint density at radius 1 is 1.16 bits per heavy atom. The zero-order chi connectivity index (χ0) is 26.3. The number of amides is 1. The number of carbonyl (C=O) groups excluding carboxylic acids is 1. The lowest BCUT2D eigenvalue weighted by atomic mass is 9.97. The van der Waals surface area contributed by atoms with Crippen molar-refractivity contribution in [2.24, 2.45) is 5.92 Å². The largest absolute Gasteiger partial charge is 0.481 e. The minimum Gasteiger partial charge on any atom is -0.481 e. The Kier molecular flexibility index (Phi) is 7.51. The van der Waals surface area contributed by atoms with E-state index in [9.17, 15) is 27.7 Å². The Bertz CT molecular complexity index is 1210. The van der Waals surface area contributed by atoms with Gasteiger partial charge in [-0.1, -0.05) is 23.7 Å². The van der Waals surface area contributed by atoms with Crippen LogP contribution in [0.4, 0.5) is 14.5 Å². The van der Waals surface area contributed by atoms with Gasteiger partial charge in [-0.05, 0) is 61.4 Å². The Hall–Kier alpha value is -2.56. The molecule has 1 heterocycles. The summed E-state index contributed by atoms with van der Waals surface area (Å²) in [6.07, 6.45) is 1.40. The molecule has 0 bridgehead atoms. The van der Waals surface area contributed by atoms with Gasteiger partial charge in [-0.2, -0.15) is 0 Å². The lowest BCUT2D eigenvalue weighted by Gasteiger charge is -2.45. The summed E-state index contributed by atoms with van der Waals surface area (Å²) in [5.74, 6) is -2.96. The number of halogens is 3. The van der Waals surface area contributed by atoms with Crippen LogP contribution in [0.2, 0.25) is 5.02 Å². The maximum Gasteiger partial charge on any atom is 0.306 e. The average molecular weight is 553 g/mol. The first kappa shape index (κ1) is 26.1. The fourth-order valence-corrected chi connectivity index (χ4v) is 6.49. The molecule has 1 saturated heterocycles. The first-order valence-electron chi connectivity index (χ1n) is 12.3. The zero-order valence-electron chi connectivity index (χ0n) is 19.9. The molecule has 37 heavy (non-hydrogen) atoms. The number of rotatable bonds is 10. The predicted octanol–water partition coefficient (Wildman–Crippen LogP) is 4.47. The second-order valence-electron chi connectivity index (χ2n) is 9.77. The van der Waals surface area contributed by atoms with Gasteiger partial charge in [-0.25, -0.2) is 13.0 Å². The summed E-state index contributed by atoms with van der Waals surface area (Å²) in [5.41, 5.74) is 0.644. The molecule has 2 saturated carbocycles. The van der Waals surface area contributed by atoms with Crippen LogP contribution >= 0.6 is 11.6 Å². The molecule has 11 heteroatoms. The van der Waals surface area contributed by atoms with Gasteiger partial charge in [0.2, 0.25) is 0 Å². The lowest BCUT2D eigenvalue weighted by molar-refractivity contribution is -0.169. The fraction of sp³-hybridized carbons (Fsp3) is 0.462. The lowest BCUT2D eigenvalue weighted by Crippen LogP contribution is -2.58. The number of hydrogen-bond donors (Lipinski definition) is 1. The van der Waals surface area contributed by atoms with E-state index < -0.39 is 59.1 Å². The summed E-state index contributed by atoms with van der Waals surface area (Å²) >= 11 is 6.07. The van der Waals surface area contributed by atoms with Crippen molar-refractivity contribution in [2.45, 2.75) is 55.5 Å². The van der Waals surface area contributed by atoms with Crippen molar-refractivity contribution in [1.29, 1.82) is 0 Å². The minimum absolute atomic E-state index is 0.0176. The Morgan fingerprint density at radius 2 is 1.86 bits per heavy atom. The normalized spacial score (nSPS) is 23.5. The Balaban J connectivity index is 1.53.